The number of fused-ring (bicyclic) bond motifs is 1. The van der Waals surface area contributed by atoms with E-state index in [1.54, 1.807) is 0 Å². The SMILES string of the molecule is CC(C)Cn1c(CCCl)nc2cc(Cl)c(Cl)cc21. The van der Waals surface area contributed by atoms with Gasteiger partial charge in [-0.05, 0) is 18.1 Å². The molecule has 0 saturated heterocycles. The van der Waals surface area contributed by atoms with Crippen LogP contribution >= 0.6 is 34.8 Å². The molecule has 0 aliphatic carbocycles. The van der Waals surface area contributed by atoms with Crippen molar-refractivity contribution in [1.82, 2.24) is 9.55 Å². The first-order valence-corrected chi connectivity index (χ1v) is 7.22. The van der Waals surface area contributed by atoms with Crippen molar-refractivity contribution in [2.24, 2.45) is 5.92 Å². The van der Waals surface area contributed by atoms with Crippen LogP contribution in [0.1, 0.15) is 19.7 Å². The molecule has 2 aromatic rings. The van der Waals surface area contributed by atoms with Crippen LogP contribution in [0.5, 0.6) is 0 Å². The zero-order valence-corrected chi connectivity index (χ0v) is 12.6. The van der Waals surface area contributed by atoms with Crippen LogP contribution in [0.4, 0.5) is 0 Å². The maximum absolute atomic E-state index is 6.08. The zero-order valence-electron chi connectivity index (χ0n) is 10.4. The lowest BCUT2D eigenvalue weighted by Gasteiger charge is -2.11. The highest BCUT2D eigenvalue weighted by Gasteiger charge is 2.13. The van der Waals surface area contributed by atoms with E-state index < -0.39 is 0 Å². The van der Waals surface area contributed by atoms with Gasteiger partial charge in [-0.3, -0.25) is 0 Å². The van der Waals surface area contributed by atoms with Crippen LogP contribution in [-0.2, 0) is 13.0 Å². The summed E-state index contributed by atoms with van der Waals surface area (Å²) < 4.78 is 2.19. The van der Waals surface area contributed by atoms with Crippen molar-refractivity contribution in [1.29, 1.82) is 0 Å². The van der Waals surface area contributed by atoms with E-state index >= 15 is 0 Å². The predicted octanol–water partition coefficient (Wildman–Crippen LogP) is 4.78. The lowest BCUT2D eigenvalue weighted by atomic mass is 10.2. The van der Waals surface area contributed by atoms with E-state index in [1.165, 1.54) is 0 Å². The molecule has 0 saturated carbocycles. The minimum atomic E-state index is 0.533. The van der Waals surface area contributed by atoms with Gasteiger partial charge >= 0.3 is 0 Å². The predicted molar refractivity (Wildman–Crippen MR) is 79.0 cm³/mol. The van der Waals surface area contributed by atoms with E-state index in [2.05, 4.69) is 23.4 Å². The number of aryl methyl sites for hydroxylation is 1. The van der Waals surface area contributed by atoms with Gasteiger partial charge in [-0.2, -0.15) is 0 Å². The number of aromatic nitrogens is 2. The maximum Gasteiger partial charge on any atom is 0.111 e. The minimum absolute atomic E-state index is 0.533. The summed E-state index contributed by atoms with van der Waals surface area (Å²) in [6, 6.07) is 3.69. The molecule has 0 atom stereocenters. The first kappa shape index (κ1) is 14.0. The van der Waals surface area contributed by atoms with Crippen molar-refractivity contribution in [3.05, 3.63) is 28.0 Å². The average Bonchev–Trinajstić information content (AvgIpc) is 2.58. The van der Waals surface area contributed by atoms with Gasteiger partial charge in [0.25, 0.3) is 0 Å². The monoisotopic (exact) mass is 304 g/mol. The molecule has 5 heteroatoms. The molecule has 0 amide bonds. The van der Waals surface area contributed by atoms with Crippen LogP contribution in [0.25, 0.3) is 11.0 Å². The highest BCUT2D eigenvalue weighted by atomic mass is 35.5. The van der Waals surface area contributed by atoms with Crippen molar-refractivity contribution >= 4 is 45.8 Å². The van der Waals surface area contributed by atoms with Crippen molar-refractivity contribution in [3.63, 3.8) is 0 Å². The maximum atomic E-state index is 6.08. The van der Waals surface area contributed by atoms with E-state index in [1.807, 2.05) is 12.1 Å². The normalized spacial score (nSPS) is 11.7. The van der Waals surface area contributed by atoms with Crippen molar-refractivity contribution < 1.29 is 0 Å². The Morgan fingerprint density at radius 3 is 2.50 bits per heavy atom. The standard InChI is InChI=1S/C13H15Cl3N2/c1-8(2)7-18-12-6-10(16)9(15)5-11(12)17-13(18)3-4-14/h5-6,8H,3-4,7H2,1-2H3. The van der Waals surface area contributed by atoms with Crippen LogP contribution in [0.2, 0.25) is 10.0 Å². The zero-order chi connectivity index (χ0) is 13.3. The van der Waals surface area contributed by atoms with Gasteiger partial charge in [0, 0.05) is 18.8 Å². The molecule has 0 bridgehead atoms. The van der Waals surface area contributed by atoms with Gasteiger partial charge in [0.2, 0.25) is 0 Å². The third-order valence-electron chi connectivity index (χ3n) is 2.74. The summed E-state index contributed by atoms with van der Waals surface area (Å²) in [5, 5.41) is 1.10. The van der Waals surface area contributed by atoms with Gasteiger partial charge in [0.1, 0.15) is 5.82 Å². The Hall–Kier alpha value is -0.440. The Balaban J connectivity index is 2.60. The Morgan fingerprint density at radius 1 is 1.22 bits per heavy atom. The fourth-order valence-electron chi connectivity index (χ4n) is 2.01. The fourth-order valence-corrected chi connectivity index (χ4v) is 2.50. The molecule has 1 aromatic heterocycles. The van der Waals surface area contributed by atoms with E-state index in [0.717, 1.165) is 29.8 Å². The van der Waals surface area contributed by atoms with Gasteiger partial charge in [-0.15, -0.1) is 11.6 Å². The number of nitrogens with zero attached hydrogens (tertiary/aromatic N) is 2. The van der Waals surface area contributed by atoms with Crippen molar-refractivity contribution in [2.75, 3.05) is 5.88 Å². The molecule has 0 aliphatic rings. The third-order valence-corrected chi connectivity index (χ3v) is 3.65. The van der Waals surface area contributed by atoms with Gasteiger partial charge in [-0.1, -0.05) is 37.0 Å². The molecule has 2 nitrogen and oxygen atoms in total. The molecular weight excluding hydrogens is 291 g/mol. The van der Waals surface area contributed by atoms with E-state index in [4.69, 9.17) is 34.8 Å². The molecule has 2 rings (SSSR count). The summed E-state index contributed by atoms with van der Waals surface area (Å²) in [5.74, 6) is 2.08. The molecule has 0 N–H and O–H groups in total. The topological polar surface area (TPSA) is 17.8 Å². The Kier molecular flexibility index (Phi) is 4.41. The first-order valence-electron chi connectivity index (χ1n) is 5.93. The minimum Gasteiger partial charge on any atom is -0.328 e. The lowest BCUT2D eigenvalue weighted by Crippen LogP contribution is -2.09. The molecule has 0 fully saturated rings. The highest BCUT2D eigenvalue weighted by molar-refractivity contribution is 6.42. The number of halogens is 3. The quantitative estimate of drug-likeness (QED) is 0.743. The molecular formula is C13H15Cl3N2. The van der Waals surface area contributed by atoms with Crippen LogP contribution in [0.15, 0.2) is 12.1 Å². The van der Waals surface area contributed by atoms with Gasteiger partial charge < -0.3 is 4.57 Å². The Morgan fingerprint density at radius 2 is 1.89 bits per heavy atom. The molecule has 98 valence electrons. The molecule has 0 unspecified atom stereocenters. The number of rotatable bonds is 4. The molecule has 18 heavy (non-hydrogen) atoms. The number of benzene rings is 1. The molecule has 0 aliphatic heterocycles. The second kappa shape index (κ2) is 5.68. The van der Waals surface area contributed by atoms with Crippen LogP contribution < -0.4 is 0 Å². The van der Waals surface area contributed by atoms with Crippen molar-refractivity contribution in [3.8, 4) is 0 Å². The van der Waals surface area contributed by atoms with Gasteiger partial charge in [-0.25, -0.2) is 4.98 Å². The number of hydrogen-bond donors (Lipinski definition) is 0. The summed E-state index contributed by atoms with van der Waals surface area (Å²) in [4.78, 5) is 4.59. The summed E-state index contributed by atoms with van der Waals surface area (Å²) in [5.41, 5.74) is 1.91. The molecule has 0 spiro atoms. The lowest BCUT2D eigenvalue weighted by molar-refractivity contribution is 0.519. The van der Waals surface area contributed by atoms with E-state index in [0.29, 0.717) is 21.8 Å². The Bertz CT molecular complexity index is 561. The third kappa shape index (κ3) is 2.76. The summed E-state index contributed by atoms with van der Waals surface area (Å²) in [6.07, 6.45) is 0.748. The highest BCUT2D eigenvalue weighted by Crippen LogP contribution is 2.29. The summed E-state index contributed by atoms with van der Waals surface area (Å²) in [7, 11) is 0. The van der Waals surface area contributed by atoms with Crippen molar-refractivity contribution in [2.45, 2.75) is 26.8 Å². The molecule has 1 heterocycles. The Labute approximate surface area is 122 Å². The van der Waals surface area contributed by atoms with Crippen LogP contribution in [0, 0.1) is 5.92 Å². The van der Waals surface area contributed by atoms with E-state index in [9.17, 15) is 0 Å². The largest absolute Gasteiger partial charge is 0.328 e. The number of imidazole rings is 1. The van der Waals surface area contributed by atoms with E-state index in [-0.39, 0.29) is 0 Å². The molecule has 0 radical (unpaired) electrons. The number of alkyl halides is 1. The average molecular weight is 306 g/mol. The van der Waals surface area contributed by atoms with Crippen LogP contribution in [-0.4, -0.2) is 15.4 Å². The van der Waals surface area contributed by atoms with Gasteiger partial charge in [0.05, 0.1) is 21.1 Å². The fraction of sp³-hybridized carbons (Fsp3) is 0.462. The van der Waals surface area contributed by atoms with Gasteiger partial charge in [0.15, 0.2) is 0 Å². The second-order valence-electron chi connectivity index (χ2n) is 4.73. The van der Waals surface area contributed by atoms with Crippen LogP contribution in [0.3, 0.4) is 0 Å². The summed E-state index contributed by atoms with van der Waals surface area (Å²) in [6.45, 7) is 5.25. The smallest absolute Gasteiger partial charge is 0.111 e. The second-order valence-corrected chi connectivity index (χ2v) is 5.92. The number of hydrogen-bond acceptors (Lipinski definition) is 1. The summed E-state index contributed by atoms with van der Waals surface area (Å²) >= 11 is 17.9. The molecule has 1 aromatic carbocycles. The first-order chi connectivity index (χ1) is 8.52.